The second-order valence-electron chi connectivity index (χ2n) is 3.48. The molecular formula is C7H13NO3S. The zero-order chi connectivity index (χ0) is 8.60. The Hall–Kier alpha value is -0.130. The molecule has 5 heteroatoms. The molecule has 2 aliphatic rings. The van der Waals surface area contributed by atoms with Crippen LogP contribution in [0, 0.1) is 5.92 Å². The fourth-order valence-electron chi connectivity index (χ4n) is 1.94. The second kappa shape index (κ2) is 2.97. The Bertz CT molecular complexity index is 262. The van der Waals surface area contributed by atoms with Crippen LogP contribution < -0.4 is 4.72 Å². The molecule has 0 aromatic carbocycles. The number of hydrogen-bond acceptors (Lipinski definition) is 3. The first kappa shape index (κ1) is 8.47. The Kier molecular flexibility index (Phi) is 2.10. The van der Waals surface area contributed by atoms with Crippen LogP contribution in [-0.2, 0) is 14.5 Å². The smallest absolute Gasteiger partial charge is 0.254 e. The summed E-state index contributed by atoms with van der Waals surface area (Å²) < 4.78 is 29.3. The van der Waals surface area contributed by atoms with Crippen LogP contribution in [0.15, 0.2) is 0 Å². The minimum Gasteiger partial charge on any atom is -0.254 e. The maximum atomic E-state index is 11.0. The van der Waals surface area contributed by atoms with Gasteiger partial charge in [0.15, 0.2) is 0 Å². The fourth-order valence-corrected chi connectivity index (χ4v) is 3.00. The third kappa shape index (κ3) is 1.62. The Labute approximate surface area is 72.6 Å². The van der Waals surface area contributed by atoms with E-state index in [1.54, 1.807) is 0 Å². The van der Waals surface area contributed by atoms with Crippen LogP contribution in [0.3, 0.4) is 0 Å². The molecule has 2 fully saturated rings. The van der Waals surface area contributed by atoms with Crippen molar-refractivity contribution in [3.63, 3.8) is 0 Å². The Morgan fingerprint density at radius 1 is 1.25 bits per heavy atom. The molecule has 12 heavy (non-hydrogen) atoms. The van der Waals surface area contributed by atoms with E-state index in [0.717, 1.165) is 19.3 Å². The van der Waals surface area contributed by atoms with E-state index < -0.39 is 10.3 Å². The highest BCUT2D eigenvalue weighted by atomic mass is 32.2. The Balaban J connectivity index is 2.08. The molecule has 4 nitrogen and oxygen atoms in total. The summed E-state index contributed by atoms with van der Waals surface area (Å²) in [5, 5.41) is 0. The van der Waals surface area contributed by atoms with Crippen molar-refractivity contribution in [2.75, 3.05) is 6.54 Å². The van der Waals surface area contributed by atoms with E-state index in [-0.39, 0.29) is 6.10 Å². The van der Waals surface area contributed by atoms with Gasteiger partial charge in [0.2, 0.25) is 0 Å². The lowest BCUT2D eigenvalue weighted by atomic mass is 9.87. The highest BCUT2D eigenvalue weighted by Crippen LogP contribution is 2.29. The van der Waals surface area contributed by atoms with E-state index >= 15 is 0 Å². The molecular weight excluding hydrogens is 178 g/mol. The predicted molar refractivity (Wildman–Crippen MR) is 43.8 cm³/mol. The standard InChI is InChI=1S/C7H13NO3S/c9-12(10)8-5-6-3-1-2-4-7(6)11-12/h6-8H,1-5H2. The third-order valence-electron chi connectivity index (χ3n) is 2.61. The van der Waals surface area contributed by atoms with Gasteiger partial charge in [-0.3, -0.25) is 4.18 Å². The zero-order valence-corrected chi connectivity index (χ0v) is 7.64. The molecule has 2 atom stereocenters. The van der Waals surface area contributed by atoms with Crippen LogP contribution >= 0.6 is 0 Å². The summed E-state index contributed by atoms with van der Waals surface area (Å²) >= 11 is 0. The average molecular weight is 191 g/mol. The lowest BCUT2D eigenvalue weighted by Gasteiger charge is -2.34. The lowest BCUT2D eigenvalue weighted by molar-refractivity contribution is 0.0812. The molecule has 2 rings (SSSR count). The molecule has 1 saturated carbocycles. The van der Waals surface area contributed by atoms with Crippen LogP contribution in [0.25, 0.3) is 0 Å². The van der Waals surface area contributed by atoms with E-state index in [0.29, 0.717) is 12.5 Å². The van der Waals surface area contributed by atoms with E-state index in [1.807, 2.05) is 0 Å². The van der Waals surface area contributed by atoms with Crippen molar-refractivity contribution < 1.29 is 12.6 Å². The van der Waals surface area contributed by atoms with E-state index in [1.165, 1.54) is 6.42 Å². The van der Waals surface area contributed by atoms with Gasteiger partial charge in [-0.05, 0) is 12.8 Å². The molecule has 0 aromatic heterocycles. The van der Waals surface area contributed by atoms with E-state index in [2.05, 4.69) is 4.72 Å². The van der Waals surface area contributed by atoms with Gasteiger partial charge in [-0.1, -0.05) is 12.8 Å². The zero-order valence-electron chi connectivity index (χ0n) is 6.82. The third-order valence-corrected chi connectivity index (χ3v) is 3.63. The van der Waals surface area contributed by atoms with Gasteiger partial charge in [0.05, 0.1) is 6.10 Å². The maximum Gasteiger partial charge on any atom is 0.336 e. The molecule has 2 unspecified atom stereocenters. The number of hydrogen-bond donors (Lipinski definition) is 1. The van der Waals surface area contributed by atoms with Gasteiger partial charge in [-0.15, -0.1) is 0 Å². The second-order valence-corrected chi connectivity index (χ2v) is 4.87. The van der Waals surface area contributed by atoms with Crippen molar-refractivity contribution in [1.29, 1.82) is 0 Å². The minimum absolute atomic E-state index is 0.0509. The van der Waals surface area contributed by atoms with Crippen molar-refractivity contribution in [2.45, 2.75) is 31.8 Å². The summed E-state index contributed by atoms with van der Waals surface area (Å²) in [7, 11) is -3.40. The highest BCUT2D eigenvalue weighted by molar-refractivity contribution is 7.84. The normalized spacial score (nSPS) is 40.3. The molecule has 1 heterocycles. The van der Waals surface area contributed by atoms with Gasteiger partial charge < -0.3 is 0 Å². The molecule has 0 bridgehead atoms. The highest BCUT2D eigenvalue weighted by Gasteiger charge is 2.34. The van der Waals surface area contributed by atoms with Crippen LogP contribution in [0.1, 0.15) is 25.7 Å². The summed E-state index contributed by atoms with van der Waals surface area (Å²) in [6, 6.07) is 0. The number of rotatable bonds is 0. The summed E-state index contributed by atoms with van der Waals surface area (Å²) in [5.41, 5.74) is 0. The largest absolute Gasteiger partial charge is 0.336 e. The van der Waals surface area contributed by atoms with Gasteiger partial charge in [-0.25, -0.2) is 0 Å². The van der Waals surface area contributed by atoms with Crippen molar-refractivity contribution in [1.82, 2.24) is 4.72 Å². The van der Waals surface area contributed by atoms with Crippen molar-refractivity contribution >= 4 is 10.3 Å². The molecule has 0 amide bonds. The number of fused-ring (bicyclic) bond motifs is 1. The Morgan fingerprint density at radius 2 is 2.00 bits per heavy atom. The van der Waals surface area contributed by atoms with Gasteiger partial charge >= 0.3 is 10.3 Å². The monoisotopic (exact) mass is 191 g/mol. The first-order valence-electron chi connectivity index (χ1n) is 4.35. The summed E-state index contributed by atoms with van der Waals surface area (Å²) in [6.07, 6.45) is 4.23. The van der Waals surface area contributed by atoms with E-state index in [9.17, 15) is 8.42 Å². The van der Waals surface area contributed by atoms with Crippen molar-refractivity contribution in [3.8, 4) is 0 Å². The van der Waals surface area contributed by atoms with Crippen LogP contribution in [-0.4, -0.2) is 21.1 Å². The molecule has 0 aromatic rings. The van der Waals surface area contributed by atoms with Crippen molar-refractivity contribution in [3.05, 3.63) is 0 Å². The quantitative estimate of drug-likeness (QED) is 0.603. The maximum absolute atomic E-state index is 11.0. The van der Waals surface area contributed by atoms with Gasteiger partial charge in [0, 0.05) is 12.5 Å². The SMILES string of the molecule is O=S1(=O)NCC2CCCCC2O1. The average Bonchev–Trinajstić information content (AvgIpc) is 2.02. The van der Waals surface area contributed by atoms with Crippen LogP contribution in [0.2, 0.25) is 0 Å². The minimum atomic E-state index is -3.40. The van der Waals surface area contributed by atoms with Crippen LogP contribution in [0.5, 0.6) is 0 Å². The van der Waals surface area contributed by atoms with Gasteiger partial charge in [0.25, 0.3) is 0 Å². The van der Waals surface area contributed by atoms with Crippen molar-refractivity contribution in [2.24, 2.45) is 5.92 Å². The molecule has 0 radical (unpaired) electrons. The summed E-state index contributed by atoms with van der Waals surface area (Å²) in [6.45, 7) is 0.563. The topological polar surface area (TPSA) is 55.4 Å². The summed E-state index contributed by atoms with van der Waals surface area (Å²) in [4.78, 5) is 0. The molecule has 1 aliphatic heterocycles. The lowest BCUT2D eigenvalue weighted by Crippen LogP contribution is -2.46. The fraction of sp³-hybridized carbons (Fsp3) is 1.00. The molecule has 1 N–H and O–H groups in total. The molecule has 1 aliphatic carbocycles. The van der Waals surface area contributed by atoms with Gasteiger partial charge in [-0.2, -0.15) is 13.1 Å². The predicted octanol–water partition coefficient (Wildman–Crippen LogP) is 0.410. The number of nitrogens with one attached hydrogen (secondary N) is 1. The van der Waals surface area contributed by atoms with E-state index in [4.69, 9.17) is 4.18 Å². The first-order chi connectivity index (χ1) is 5.67. The Morgan fingerprint density at radius 3 is 2.83 bits per heavy atom. The first-order valence-corrected chi connectivity index (χ1v) is 5.76. The molecule has 0 spiro atoms. The van der Waals surface area contributed by atoms with Crippen LogP contribution in [0.4, 0.5) is 0 Å². The summed E-state index contributed by atoms with van der Waals surface area (Å²) in [5.74, 6) is 0.405. The molecule has 70 valence electrons. The molecule has 1 saturated heterocycles. The van der Waals surface area contributed by atoms with Gasteiger partial charge in [0.1, 0.15) is 0 Å².